The zero-order valence-corrected chi connectivity index (χ0v) is 16.5. The number of carbonyl (C=O) groups excluding carboxylic acids is 2. The normalized spacial score (nSPS) is 13.0. The molecule has 8 nitrogen and oxygen atoms in total. The number of aromatic nitrogens is 3. The molecule has 1 aliphatic heterocycles. The molecule has 0 radical (unpaired) electrons. The highest BCUT2D eigenvalue weighted by molar-refractivity contribution is 6.08. The van der Waals surface area contributed by atoms with Crippen LogP contribution < -0.4 is 10.2 Å². The predicted molar refractivity (Wildman–Crippen MR) is 108 cm³/mol. The Morgan fingerprint density at radius 2 is 2.03 bits per heavy atom. The zero-order chi connectivity index (χ0) is 20.4. The summed E-state index contributed by atoms with van der Waals surface area (Å²) >= 11 is 0. The van der Waals surface area contributed by atoms with Crippen LogP contribution in [0.15, 0.2) is 40.9 Å². The van der Waals surface area contributed by atoms with Crippen molar-refractivity contribution in [3.8, 4) is 0 Å². The molecular formula is C21H23N5O3. The van der Waals surface area contributed by atoms with Gasteiger partial charge in [-0.25, -0.2) is 4.98 Å². The van der Waals surface area contributed by atoms with Gasteiger partial charge in [0.15, 0.2) is 17.3 Å². The molecule has 1 aliphatic rings. The molecule has 8 heteroatoms. The lowest BCUT2D eigenvalue weighted by Gasteiger charge is -2.22. The molecule has 3 heterocycles. The van der Waals surface area contributed by atoms with E-state index in [2.05, 4.69) is 15.5 Å². The van der Waals surface area contributed by atoms with Gasteiger partial charge in [-0.3, -0.25) is 9.59 Å². The summed E-state index contributed by atoms with van der Waals surface area (Å²) in [7, 11) is 0. The molecule has 1 aromatic carbocycles. The number of para-hydroxylation sites is 1. The number of aryl methyl sites for hydroxylation is 1. The topological polar surface area (TPSA) is 93.3 Å². The van der Waals surface area contributed by atoms with Crippen LogP contribution in [0.3, 0.4) is 0 Å². The summed E-state index contributed by atoms with van der Waals surface area (Å²) in [4.78, 5) is 32.3. The maximum Gasteiger partial charge on any atom is 0.292 e. The van der Waals surface area contributed by atoms with Crippen molar-refractivity contribution >= 4 is 23.3 Å². The van der Waals surface area contributed by atoms with Crippen molar-refractivity contribution in [1.29, 1.82) is 0 Å². The van der Waals surface area contributed by atoms with E-state index >= 15 is 0 Å². The van der Waals surface area contributed by atoms with E-state index in [0.29, 0.717) is 30.4 Å². The van der Waals surface area contributed by atoms with Crippen molar-refractivity contribution < 1.29 is 14.1 Å². The van der Waals surface area contributed by atoms with E-state index in [9.17, 15) is 9.59 Å². The number of benzene rings is 1. The molecule has 0 spiro atoms. The first-order chi connectivity index (χ1) is 14.1. The lowest BCUT2D eigenvalue weighted by molar-refractivity contribution is 0.0982. The number of hydrogen-bond donors (Lipinski definition) is 1. The molecule has 4 rings (SSSR count). The first-order valence-corrected chi connectivity index (χ1v) is 9.79. The van der Waals surface area contributed by atoms with Crippen molar-refractivity contribution in [1.82, 2.24) is 14.7 Å². The number of amides is 2. The Bertz CT molecular complexity index is 1040. The van der Waals surface area contributed by atoms with Crippen LogP contribution in [0.2, 0.25) is 0 Å². The Balaban J connectivity index is 1.69. The molecule has 0 saturated heterocycles. The molecule has 0 saturated carbocycles. The van der Waals surface area contributed by atoms with Gasteiger partial charge in [0, 0.05) is 24.8 Å². The average molecular weight is 393 g/mol. The van der Waals surface area contributed by atoms with Crippen LogP contribution >= 0.6 is 0 Å². The van der Waals surface area contributed by atoms with Crippen LogP contribution in [-0.4, -0.2) is 33.1 Å². The van der Waals surface area contributed by atoms with Crippen molar-refractivity contribution in [3.05, 3.63) is 59.4 Å². The summed E-state index contributed by atoms with van der Waals surface area (Å²) in [6.45, 7) is 4.84. The van der Waals surface area contributed by atoms with Gasteiger partial charge in [-0.1, -0.05) is 23.4 Å². The summed E-state index contributed by atoms with van der Waals surface area (Å²) in [5.74, 6) is 0.563. The number of nitrogens with zero attached hydrogens (tertiary/aromatic N) is 4. The Labute approximate surface area is 168 Å². The van der Waals surface area contributed by atoms with Gasteiger partial charge < -0.3 is 19.3 Å². The number of carbonyl (C=O) groups is 2. The predicted octanol–water partition coefficient (Wildman–Crippen LogP) is 3.43. The lowest BCUT2D eigenvalue weighted by Crippen LogP contribution is -2.32. The Hall–Kier alpha value is -3.42. The third-order valence-corrected chi connectivity index (χ3v) is 5.02. The van der Waals surface area contributed by atoms with Gasteiger partial charge >= 0.3 is 0 Å². The molecule has 0 unspecified atom stereocenters. The fraction of sp³-hybridized carbons (Fsp3) is 0.333. The molecule has 29 heavy (non-hydrogen) atoms. The molecule has 150 valence electrons. The number of fused-ring (bicyclic) bond motifs is 1. The molecule has 2 amide bonds. The first-order valence-electron chi connectivity index (χ1n) is 9.79. The van der Waals surface area contributed by atoms with Crippen LogP contribution in [0.1, 0.15) is 52.3 Å². The first kappa shape index (κ1) is 18.9. The second kappa shape index (κ2) is 7.90. The van der Waals surface area contributed by atoms with Gasteiger partial charge in [0.1, 0.15) is 5.76 Å². The molecular weight excluding hydrogens is 370 g/mol. The fourth-order valence-corrected chi connectivity index (χ4v) is 3.66. The van der Waals surface area contributed by atoms with Gasteiger partial charge in [0.2, 0.25) is 0 Å². The van der Waals surface area contributed by atoms with Gasteiger partial charge in [-0.05, 0) is 45.2 Å². The van der Waals surface area contributed by atoms with Gasteiger partial charge in [0.05, 0.1) is 5.69 Å². The zero-order valence-electron chi connectivity index (χ0n) is 16.5. The van der Waals surface area contributed by atoms with Crippen molar-refractivity contribution in [2.45, 2.75) is 39.7 Å². The minimum atomic E-state index is -0.400. The van der Waals surface area contributed by atoms with Gasteiger partial charge in [0.25, 0.3) is 11.8 Å². The number of hydrogen-bond acceptors (Lipinski definition) is 5. The van der Waals surface area contributed by atoms with E-state index in [1.165, 1.54) is 0 Å². The van der Waals surface area contributed by atoms with Gasteiger partial charge in [-0.2, -0.15) is 0 Å². The largest absolute Gasteiger partial charge is 0.360 e. The smallest absolute Gasteiger partial charge is 0.292 e. The Morgan fingerprint density at radius 1 is 1.24 bits per heavy atom. The van der Waals surface area contributed by atoms with E-state index in [-0.39, 0.29) is 11.7 Å². The molecule has 0 aliphatic carbocycles. The van der Waals surface area contributed by atoms with Crippen molar-refractivity contribution in [2.75, 3.05) is 16.8 Å². The van der Waals surface area contributed by atoms with Crippen LogP contribution in [0.4, 0.5) is 11.5 Å². The fourth-order valence-electron chi connectivity index (χ4n) is 3.66. The highest BCUT2D eigenvalue weighted by Gasteiger charge is 2.30. The highest BCUT2D eigenvalue weighted by Crippen LogP contribution is 2.25. The summed E-state index contributed by atoms with van der Waals surface area (Å²) in [6.07, 6.45) is 2.63. The molecule has 3 aromatic rings. The summed E-state index contributed by atoms with van der Waals surface area (Å²) < 4.78 is 6.86. The van der Waals surface area contributed by atoms with Crippen LogP contribution in [-0.2, 0) is 13.0 Å². The average Bonchev–Trinajstić information content (AvgIpc) is 3.32. The van der Waals surface area contributed by atoms with Gasteiger partial charge in [-0.15, -0.1) is 0 Å². The third kappa shape index (κ3) is 3.65. The van der Waals surface area contributed by atoms with E-state index in [4.69, 9.17) is 4.52 Å². The number of imidazole rings is 1. The quantitative estimate of drug-likeness (QED) is 0.717. The highest BCUT2D eigenvalue weighted by atomic mass is 16.5. The van der Waals surface area contributed by atoms with Crippen LogP contribution in [0.25, 0.3) is 0 Å². The molecule has 0 atom stereocenters. The molecule has 1 N–H and O–H groups in total. The van der Waals surface area contributed by atoms with E-state index in [1.807, 2.05) is 41.8 Å². The maximum atomic E-state index is 13.3. The number of anilines is 2. The van der Waals surface area contributed by atoms with Crippen molar-refractivity contribution in [2.24, 2.45) is 0 Å². The Morgan fingerprint density at radius 3 is 2.72 bits per heavy atom. The standard InChI is InChI=1S/C21H23N5O3/c1-3-25(15-9-5-4-6-10-15)21(28)18-16-11-7-8-12-26(16)19(23-18)20(27)22-17-13-14(2)29-24-17/h4-6,9-10,13H,3,7-8,11-12H2,1-2H3,(H,22,24,27). The van der Waals surface area contributed by atoms with Crippen LogP contribution in [0, 0.1) is 6.92 Å². The van der Waals surface area contributed by atoms with Crippen molar-refractivity contribution in [3.63, 3.8) is 0 Å². The Kier molecular flexibility index (Phi) is 5.16. The summed E-state index contributed by atoms with van der Waals surface area (Å²) in [5.41, 5.74) is 1.97. The number of nitrogens with one attached hydrogen (secondary N) is 1. The third-order valence-electron chi connectivity index (χ3n) is 5.02. The molecule has 2 aromatic heterocycles. The van der Waals surface area contributed by atoms with E-state index in [1.54, 1.807) is 17.9 Å². The maximum absolute atomic E-state index is 13.3. The summed E-state index contributed by atoms with van der Waals surface area (Å²) in [5, 5.41) is 6.50. The minimum absolute atomic E-state index is 0.194. The SMILES string of the molecule is CCN(C(=O)c1nc(C(=O)Nc2cc(C)on2)n2c1CCCC2)c1ccccc1. The minimum Gasteiger partial charge on any atom is -0.360 e. The monoisotopic (exact) mass is 393 g/mol. The second-order valence-electron chi connectivity index (χ2n) is 7.00. The van der Waals surface area contributed by atoms with Crippen LogP contribution in [0.5, 0.6) is 0 Å². The van der Waals surface area contributed by atoms with E-state index in [0.717, 1.165) is 30.6 Å². The lowest BCUT2D eigenvalue weighted by atomic mass is 10.1. The summed E-state index contributed by atoms with van der Waals surface area (Å²) in [6, 6.07) is 11.1. The number of rotatable bonds is 5. The second-order valence-corrected chi connectivity index (χ2v) is 7.00. The molecule has 0 bridgehead atoms. The van der Waals surface area contributed by atoms with E-state index < -0.39 is 5.91 Å². The molecule has 0 fully saturated rings.